The maximum atomic E-state index is 13.2. The van der Waals surface area contributed by atoms with Gasteiger partial charge in [0.2, 0.25) is 8.87 Å². The van der Waals surface area contributed by atoms with E-state index in [9.17, 15) is 13.2 Å². The molecule has 1 aromatic heterocycles. The molecule has 29 heavy (non-hydrogen) atoms. The number of aromatic nitrogens is 2. The molecule has 0 aliphatic carbocycles. The second-order valence-electron chi connectivity index (χ2n) is 6.74. The molecule has 0 aliphatic rings. The molecule has 0 spiro atoms. The van der Waals surface area contributed by atoms with E-state index in [0.29, 0.717) is 27.4 Å². The van der Waals surface area contributed by atoms with Crippen LogP contribution in [0.3, 0.4) is 0 Å². The van der Waals surface area contributed by atoms with Crippen molar-refractivity contribution in [3.8, 4) is 5.69 Å². The Balaban J connectivity index is 1.94. The highest BCUT2D eigenvalue weighted by Crippen LogP contribution is 2.31. The van der Waals surface area contributed by atoms with Crippen molar-refractivity contribution in [2.75, 3.05) is 0 Å². The van der Waals surface area contributed by atoms with Gasteiger partial charge >= 0.3 is 0 Å². The number of hydrogen-bond donors (Lipinski definition) is 0. The third kappa shape index (κ3) is 3.83. The minimum absolute atomic E-state index is 0.111. The van der Waals surface area contributed by atoms with Crippen LogP contribution in [0.5, 0.6) is 0 Å². The molecular weight excluding hydrogens is 404 g/mol. The van der Waals surface area contributed by atoms with Crippen LogP contribution in [0.15, 0.2) is 87.6 Å². The fourth-order valence-electron chi connectivity index (χ4n) is 3.01. The highest BCUT2D eigenvalue weighted by molar-refractivity contribution is 8.72. The SMILES string of the molecule is Cc1ccc(S(=O)(=O)Sc2nc3ccccc3c(=O)n2-c2cccc(C)c2)cc1. The largest absolute Gasteiger partial charge is 0.268 e. The van der Waals surface area contributed by atoms with Crippen molar-refractivity contribution in [1.82, 2.24) is 9.55 Å². The van der Waals surface area contributed by atoms with Crippen molar-refractivity contribution in [3.63, 3.8) is 0 Å². The molecule has 0 unspecified atom stereocenters. The Morgan fingerprint density at radius 3 is 2.31 bits per heavy atom. The number of hydrogen-bond acceptors (Lipinski definition) is 5. The van der Waals surface area contributed by atoms with E-state index in [-0.39, 0.29) is 15.6 Å². The van der Waals surface area contributed by atoms with Gasteiger partial charge in [0.1, 0.15) is 0 Å². The van der Waals surface area contributed by atoms with Gasteiger partial charge in [0, 0.05) is 10.8 Å². The summed E-state index contributed by atoms with van der Waals surface area (Å²) in [7, 11) is -3.18. The summed E-state index contributed by atoms with van der Waals surface area (Å²) in [6.07, 6.45) is 0. The predicted octanol–water partition coefficient (Wildman–Crippen LogP) is 4.48. The Hall–Kier alpha value is -2.90. The topological polar surface area (TPSA) is 69.0 Å². The standard InChI is InChI=1S/C22H18N2O3S2/c1-15-10-12-18(13-11-15)29(26,27)28-22-23-20-9-4-3-8-19(20)21(25)24(22)17-7-5-6-16(2)14-17/h3-14H,1-2H3. The van der Waals surface area contributed by atoms with Crippen LogP contribution in [0, 0.1) is 13.8 Å². The molecule has 0 saturated heterocycles. The van der Waals surface area contributed by atoms with E-state index in [1.807, 2.05) is 32.0 Å². The zero-order valence-electron chi connectivity index (χ0n) is 15.9. The number of rotatable bonds is 4. The highest BCUT2D eigenvalue weighted by atomic mass is 33.1. The molecule has 0 radical (unpaired) electrons. The van der Waals surface area contributed by atoms with Crippen molar-refractivity contribution in [1.29, 1.82) is 0 Å². The van der Waals surface area contributed by atoms with E-state index < -0.39 is 8.87 Å². The molecule has 0 atom stereocenters. The Morgan fingerprint density at radius 2 is 1.59 bits per heavy atom. The van der Waals surface area contributed by atoms with Gasteiger partial charge in [-0.25, -0.2) is 13.4 Å². The van der Waals surface area contributed by atoms with Gasteiger partial charge in [-0.15, -0.1) is 0 Å². The average Bonchev–Trinajstić information content (AvgIpc) is 2.68. The van der Waals surface area contributed by atoms with Crippen molar-refractivity contribution < 1.29 is 8.42 Å². The smallest absolute Gasteiger partial charge is 0.266 e. The van der Waals surface area contributed by atoms with Crippen LogP contribution in [0.2, 0.25) is 0 Å². The second-order valence-corrected chi connectivity index (χ2v) is 10.5. The molecule has 1 heterocycles. The first-order chi connectivity index (χ1) is 13.8. The predicted molar refractivity (Wildman–Crippen MR) is 116 cm³/mol. The number of nitrogens with zero attached hydrogens (tertiary/aromatic N) is 2. The van der Waals surface area contributed by atoms with Gasteiger partial charge in [0.15, 0.2) is 5.16 Å². The molecule has 0 bridgehead atoms. The van der Waals surface area contributed by atoms with Crippen LogP contribution < -0.4 is 5.56 Å². The van der Waals surface area contributed by atoms with Crippen molar-refractivity contribution in [2.24, 2.45) is 0 Å². The summed E-state index contributed by atoms with van der Waals surface area (Å²) >= 11 is 0. The fourth-order valence-corrected chi connectivity index (χ4v) is 5.72. The first-order valence-corrected chi connectivity index (χ1v) is 11.8. The normalized spacial score (nSPS) is 11.7. The lowest BCUT2D eigenvalue weighted by Crippen LogP contribution is -2.22. The Bertz CT molecular complexity index is 1380. The first-order valence-electron chi connectivity index (χ1n) is 8.95. The number of fused-ring (bicyclic) bond motifs is 1. The molecule has 5 nitrogen and oxygen atoms in total. The zero-order valence-corrected chi connectivity index (χ0v) is 17.5. The lowest BCUT2D eigenvalue weighted by atomic mass is 10.2. The summed E-state index contributed by atoms with van der Waals surface area (Å²) in [5, 5.41) is 0.547. The van der Waals surface area contributed by atoms with E-state index >= 15 is 0 Å². The Labute approximate surface area is 172 Å². The molecule has 4 aromatic rings. The van der Waals surface area contributed by atoms with Gasteiger partial charge in [-0.1, -0.05) is 42.0 Å². The molecule has 7 heteroatoms. The summed E-state index contributed by atoms with van der Waals surface area (Å²) in [5.41, 5.74) is 2.66. The zero-order chi connectivity index (χ0) is 20.6. The average molecular weight is 423 g/mol. The van der Waals surface area contributed by atoms with Gasteiger partial charge in [0.25, 0.3) is 5.56 Å². The fraction of sp³-hybridized carbons (Fsp3) is 0.0909. The van der Waals surface area contributed by atoms with Gasteiger partial charge in [0.05, 0.1) is 21.5 Å². The Morgan fingerprint density at radius 1 is 0.862 bits per heavy atom. The van der Waals surface area contributed by atoms with Crippen LogP contribution in [-0.2, 0) is 8.87 Å². The first kappa shape index (κ1) is 19.4. The van der Waals surface area contributed by atoms with Crippen molar-refractivity contribution in [3.05, 3.63) is 94.3 Å². The van der Waals surface area contributed by atoms with E-state index in [0.717, 1.165) is 11.1 Å². The molecule has 0 N–H and O–H groups in total. The van der Waals surface area contributed by atoms with Crippen molar-refractivity contribution in [2.45, 2.75) is 23.9 Å². The van der Waals surface area contributed by atoms with Crippen LogP contribution in [0.25, 0.3) is 16.6 Å². The van der Waals surface area contributed by atoms with Crippen LogP contribution in [0.4, 0.5) is 0 Å². The lowest BCUT2D eigenvalue weighted by Gasteiger charge is -2.13. The minimum atomic E-state index is -3.76. The molecule has 146 valence electrons. The van der Waals surface area contributed by atoms with Gasteiger partial charge in [-0.2, -0.15) is 0 Å². The summed E-state index contributed by atoms with van der Waals surface area (Å²) in [6.45, 7) is 3.81. The number of para-hydroxylation sites is 1. The highest BCUT2D eigenvalue weighted by Gasteiger charge is 2.22. The van der Waals surface area contributed by atoms with E-state index in [2.05, 4.69) is 4.98 Å². The van der Waals surface area contributed by atoms with E-state index in [1.54, 1.807) is 54.6 Å². The van der Waals surface area contributed by atoms with Gasteiger partial charge < -0.3 is 0 Å². The number of aryl methyl sites for hydroxylation is 2. The minimum Gasteiger partial charge on any atom is -0.268 e. The number of benzene rings is 3. The molecule has 0 fully saturated rings. The monoisotopic (exact) mass is 422 g/mol. The summed E-state index contributed by atoms with van der Waals surface area (Å²) in [4.78, 5) is 17.9. The Kier molecular flexibility index (Phi) is 5.02. The summed E-state index contributed by atoms with van der Waals surface area (Å²) in [5.74, 6) is 0. The summed E-state index contributed by atoms with van der Waals surface area (Å²) < 4.78 is 27.4. The van der Waals surface area contributed by atoms with E-state index in [4.69, 9.17) is 0 Å². The van der Waals surface area contributed by atoms with Crippen molar-refractivity contribution >= 4 is 30.6 Å². The molecule has 0 saturated carbocycles. The molecule has 3 aromatic carbocycles. The lowest BCUT2D eigenvalue weighted by molar-refractivity contribution is 0.610. The summed E-state index contributed by atoms with van der Waals surface area (Å²) in [6, 6.07) is 20.9. The van der Waals surface area contributed by atoms with E-state index in [1.165, 1.54) is 4.57 Å². The molecule has 4 rings (SSSR count). The second kappa shape index (κ2) is 7.50. The van der Waals surface area contributed by atoms with Crippen LogP contribution in [0.1, 0.15) is 11.1 Å². The van der Waals surface area contributed by atoms with Gasteiger partial charge in [-0.05, 0) is 55.8 Å². The molecule has 0 amide bonds. The molecule has 0 aliphatic heterocycles. The third-order valence-corrected chi connectivity index (χ3v) is 7.67. The third-order valence-electron chi connectivity index (χ3n) is 4.50. The maximum absolute atomic E-state index is 13.2. The maximum Gasteiger partial charge on any atom is 0.266 e. The molecular formula is C22H18N2O3S2. The quantitative estimate of drug-likeness (QED) is 0.358. The van der Waals surface area contributed by atoms with Crippen LogP contribution in [-0.4, -0.2) is 18.0 Å². The van der Waals surface area contributed by atoms with Gasteiger partial charge in [-0.3, -0.25) is 9.36 Å². The van der Waals surface area contributed by atoms with Crippen LogP contribution >= 0.6 is 10.8 Å².